The molecule has 1 aromatic rings. The first-order valence-electron chi connectivity index (χ1n) is 6.07. The second-order valence-electron chi connectivity index (χ2n) is 4.63. The number of rotatable bonds is 1. The molecular formula is C13H16BrN3O2. The van der Waals surface area contributed by atoms with Crippen molar-refractivity contribution >= 4 is 33.4 Å². The predicted molar refractivity (Wildman–Crippen MR) is 76.7 cm³/mol. The highest BCUT2D eigenvalue weighted by Gasteiger charge is 2.23. The van der Waals surface area contributed by atoms with E-state index in [0.717, 1.165) is 6.42 Å². The van der Waals surface area contributed by atoms with Gasteiger partial charge in [0, 0.05) is 35.9 Å². The standard InChI is InChI=1S/C13H16BrN3O2/c1-16-5-2-6-17(8-12(16)18)13(19)9-3-4-11(15)10(14)7-9/h3-4,7H,2,5-6,8,15H2,1H3. The molecule has 6 heteroatoms. The molecule has 0 atom stereocenters. The van der Waals surface area contributed by atoms with Crippen LogP contribution < -0.4 is 5.73 Å². The van der Waals surface area contributed by atoms with Gasteiger partial charge in [-0.05, 0) is 40.5 Å². The normalized spacial score (nSPS) is 16.4. The van der Waals surface area contributed by atoms with Gasteiger partial charge in [0.25, 0.3) is 5.91 Å². The van der Waals surface area contributed by atoms with Gasteiger partial charge in [-0.25, -0.2) is 0 Å². The zero-order valence-electron chi connectivity index (χ0n) is 10.7. The summed E-state index contributed by atoms with van der Waals surface area (Å²) in [5.74, 6) is -0.162. The molecule has 0 bridgehead atoms. The fourth-order valence-electron chi connectivity index (χ4n) is 2.00. The number of amides is 2. The fraction of sp³-hybridized carbons (Fsp3) is 0.385. The summed E-state index contributed by atoms with van der Waals surface area (Å²) in [5.41, 5.74) is 6.83. The highest BCUT2D eigenvalue weighted by atomic mass is 79.9. The molecule has 2 rings (SSSR count). The van der Waals surface area contributed by atoms with Crippen molar-refractivity contribution in [1.82, 2.24) is 9.80 Å². The largest absolute Gasteiger partial charge is 0.398 e. The average Bonchev–Trinajstić information content (AvgIpc) is 2.55. The van der Waals surface area contributed by atoms with Crippen LogP contribution in [-0.4, -0.2) is 48.3 Å². The van der Waals surface area contributed by atoms with Crippen molar-refractivity contribution in [3.05, 3.63) is 28.2 Å². The van der Waals surface area contributed by atoms with Crippen molar-refractivity contribution in [3.63, 3.8) is 0 Å². The molecule has 0 unspecified atom stereocenters. The lowest BCUT2D eigenvalue weighted by molar-refractivity contribution is -0.129. The molecule has 1 saturated heterocycles. The molecule has 1 aliphatic rings. The summed E-state index contributed by atoms with van der Waals surface area (Å²) < 4.78 is 0.691. The van der Waals surface area contributed by atoms with Crippen LogP contribution in [-0.2, 0) is 4.79 Å². The molecule has 0 aliphatic carbocycles. The molecule has 1 aromatic carbocycles. The van der Waals surface area contributed by atoms with E-state index in [0.29, 0.717) is 28.8 Å². The van der Waals surface area contributed by atoms with E-state index >= 15 is 0 Å². The van der Waals surface area contributed by atoms with Crippen molar-refractivity contribution < 1.29 is 9.59 Å². The monoisotopic (exact) mass is 325 g/mol. The lowest BCUT2D eigenvalue weighted by Gasteiger charge is -2.20. The number of halogens is 1. The summed E-state index contributed by atoms with van der Waals surface area (Å²) in [6.45, 7) is 1.42. The maximum Gasteiger partial charge on any atom is 0.254 e. The van der Waals surface area contributed by atoms with E-state index in [9.17, 15) is 9.59 Å². The Labute approximate surface area is 120 Å². The van der Waals surface area contributed by atoms with Gasteiger partial charge in [0.05, 0.1) is 0 Å². The van der Waals surface area contributed by atoms with Crippen LogP contribution in [0.2, 0.25) is 0 Å². The number of anilines is 1. The van der Waals surface area contributed by atoms with Crippen LogP contribution in [0, 0.1) is 0 Å². The number of nitrogen functional groups attached to an aromatic ring is 1. The molecule has 0 saturated carbocycles. The molecule has 0 spiro atoms. The Balaban J connectivity index is 2.18. The van der Waals surface area contributed by atoms with Gasteiger partial charge in [0.1, 0.15) is 6.54 Å². The zero-order chi connectivity index (χ0) is 14.0. The van der Waals surface area contributed by atoms with Gasteiger partial charge in [-0.1, -0.05) is 0 Å². The summed E-state index contributed by atoms with van der Waals surface area (Å²) in [6.07, 6.45) is 0.796. The molecular weight excluding hydrogens is 310 g/mol. The molecule has 2 N–H and O–H groups in total. The van der Waals surface area contributed by atoms with E-state index in [1.807, 2.05) is 0 Å². The average molecular weight is 326 g/mol. The number of nitrogens with zero attached hydrogens (tertiary/aromatic N) is 2. The van der Waals surface area contributed by atoms with Crippen molar-refractivity contribution in [2.24, 2.45) is 0 Å². The van der Waals surface area contributed by atoms with Crippen molar-refractivity contribution in [3.8, 4) is 0 Å². The van der Waals surface area contributed by atoms with Crippen molar-refractivity contribution in [1.29, 1.82) is 0 Å². The van der Waals surface area contributed by atoms with E-state index in [4.69, 9.17) is 5.73 Å². The Morgan fingerprint density at radius 1 is 1.37 bits per heavy atom. The number of benzene rings is 1. The van der Waals surface area contributed by atoms with Gasteiger partial charge in [0.15, 0.2) is 0 Å². The second-order valence-corrected chi connectivity index (χ2v) is 5.49. The second kappa shape index (κ2) is 5.61. The molecule has 0 aromatic heterocycles. The zero-order valence-corrected chi connectivity index (χ0v) is 12.3. The quantitative estimate of drug-likeness (QED) is 0.792. The number of likely N-dealkylation sites (N-methyl/N-ethyl adjacent to an activating group) is 1. The number of carbonyl (C=O) groups is 2. The van der Waals surface area contributed by atoms with Crippen LogP contribution in [0.5, 0.6) is 0 Å². The third-order valence-corrected chi connectivity index (χ3v) is 3.89. The maximum absolute atomic E-state index is 12.4. The smallest absolute Gasteiger partial charge is 0.254 e. The van der Waals surface area contributed by atoms with Crippen molar-refractivity contribution in [2.45, 2.75) is 6.42 Å². The molecule has 1 aliphatic heterocycles. The first-order valence-corrected chi connectivity index (χ1v) is 6.86. The Morgan fingerprint density at radius 2 is 2.11 bits per heavy atom. The fourth-order valence-corrected chi connectivity index (χ4v) is 2.38. The topological polar surface area (TPSA) is 66.6 Å². The van der Waals surface area contributed by atoms with Crippen LogP contribution in [0.1, 0.15) is 16.8 Å². The van der Waals surface area contributed by atoms with Gasteiger partial charge >= 0.3 is 0 Å². The number of hydrogen-bond acceptors (Lipinski definition) is 3. The number of carbonyl (C=O) groups excluding carboxylic acids is 2. The maximum atomic E-state index is 12.4. The Morgan fingerprint density at radius 3 is 2.79 bits per heavy atom. The van der Waals surface area contributed by atoms with E-state index < -0.39 is 0 Å². The molecule has 19 heavy (non-hydrogen) atoms. The minimum Gasteiger partial charge on any atom is -0.398 e. The highest BCUT2D eigenvalue weighted by molar-refractivity contribution is 9.10. The minimum absolute atomic E-state index is 0.0274. The molecule has 5 nitrogen and oxygen atoms in total. The Bertz CT molecular complexity index is 519. The van der Waals surface area contributed by atoms with E-state index in [-0.39, 0.29) is 18.4 Å². The van der Waals surface area contributed by atoms with Crippen LogP contribution in [0.15, 0.2) is 22.7 Å². The molecule has 0 radical (unpaired) electrons. The Kier molecular flexibility index (Phi) is 4.09. The van der Waals surface area contributed by atoms with E-state index in [2.05, 4.69) is 15.9 Å². The lowest BCUT2D eigenvalue weighted by atomic mass is 10.2. The third-order valence-electron chi connectivity index (χ3n) is 3.21. The van der Waals surface area contributed by atoms with Crippen LogP contribution in [0.25, 0.3) is 0 Å². The molecule has 1 fully saturated rings. The van der Waals surface area contributed by atoms with Crippen molar-refractivity contribution in [2.75, 3.05) is 32.4 Å². The minimum atomic E-state index is -0.135. The van der Waals surface area contributed by atoms with Gasteiger partial charge < -0.3 is 15.5 Å². The van der Waals surface area contributed by atoms with Gasteiger partial charge in [-0.3, -0.25) is 9.59 Å². The van der Waals surface area contributed by atoms with E-state index in [1.165, 1.54) is 0 Å². The number of hydrogen-bond donors (Lipinski definition) is 1. The van der Waals surface area contributed by atoms with Crippen LogP contribution in [0.3, 0.4) is 0 Å². The number of nitrogens with two attached hydrogens (primary N) is 1. The van der Waals surface area contributed by atoms with Gasteiger partial charge in [0.2, 0.25) is 5.91 Å². The van der Waals surface area contributed by atoms with Gasteiger partial charge in [-0.15, -0.1) is 0 Å². The molecule has 102 valence electrons. The summed E-state index contributed by atoms with van der Waals surface area (Å²) in [7, 11) is 1.76. The van der Waals surface area contributed by atoms with E-state index in [1.54, 1.807) is 35.0 Å². The highest BCUT2D eigenvalue weighted by Crippen LogP contribution is 2.21. The summed E-state index contributed by atoms with van der Waals surface area (Å²) >= 11 is 3.30. The molecule has 2 amide bonds. The van der Waals surface area contributed by atoms with Crippen LogP contribution in [0.4, 0.5) is 5.69 Å². The summed E-state index contributed by atoms with van der Waals surface area (Å²) in [4.78, 5) is 27.4. The lowest BCUT2D eigenvalue weighted by Crippen LogP contribution is -2.38. The van der Waals surface area contributed by atoms with Gasteiger partial charge in [-0.2, -0.15) is 0 Å². The first kappa shape index (κ1) is 13.9. The molecule has 1 heterocycles. The summed E-state index contributed by atoms with van der Waals surface area (Å²) in [5, 5.41) is 0. The first-order chi connectivity index (χ1) is 8.99. The summed E-state index contributed by atoms with van der Waals surface area (Å²) in [6, 6.07) is 5.06. The SMILES string of the molecule is CN1CCCN(C(=O)c2ccc(N)c(Br)c2)CC1=O. The van der Waals surface area contributed by atoms with Crippen LogP contribution >= 0.6 is 15.9 Å². The third kappa shape index (κ3) is 3.07. The predicted octanol–water partition coefficient (Wildman–Crippen LogP) is 1.34. The Hall–Kier alpha value is -1.56.